The van der Waals surface area contributed by atoms with Crippen LogP contribution in [0.25, 0.3) is 0 Å². The highest BCUT2D eigenvalue weighted by atomic mass is 16.5. The van der Waals surface area contributed by atoms with Crippen LogP contribution in [-0.4, -0.2) is 6.10 Å². The Morgan fingerprint density at radius 2 is 1.71 bits per heavy atom. The van der Waals surface area contributed by atoms with Gasteiger partial charge in [0.25, 0.3) is 0 Å². The molecule has 2 N–H and O–H groups in total. The summed E-state index contributed by atoms with van der Waals surface area (Å²) in [6.45, 7) is 4.08. The lowest BCUT2D eigenvalue weighted by atomic mass is 9.92. The quantitative estimate of drug-likeness (QED) is 0.861. The molecule has 1 aliphatic carbocycles. The van der Waals surface area contributed by atoms with Crippen molar-refractivity contribution in [3.05, 3.63) is 29.8 Å². The number of hydrogen-bond acceptors (Lipinski definition) is 2. The minimum atomic E-state index is 0.200. The molecule has 1 atom stereocenters. The summed E-state index contributed by atoms with van der Waals surface area (Å²) >= 11 is 0. The average molecular weight is 233 g/mol. The smallest absolute Gasteiger partial charge is 0.119 e. The van der Waals surface area contributed by atoms with Crippen molar-refractivity contribution >= 4 is 0 Å². The van der Waals surface area contributed by atoms with Crippen molar-refractivity contribution in [3.8, 4) is 5.75 Å². The predicted molar refractivity (Wildman–Crippen MR) is 71.1 cm³/mol. The molecule has 0 unspecified atom stereocenters. The first-order valence-electron chi connectivity index (χ1n) is 6.69. The molecule has 1 aromatic carbocycles. The molecule has 94 valence electrons. The summed E-state index contributed by atoms with van der Waals surface area (Å²) in [5.41, 5.74) is 7.55. The van der Waals surface area contributed by atoms with Gasteiger partial charge in [0.05, 0.1) is 6.10 Å². The first kappa shape index (κ1) is 12.4. The van der Waals surface area contributed by atoms with Crippen molar-refractivity contribution in [2.75, 3.05) is 0 Å². The van der Waals surface area contributed by atoms with E-state index < -0.39 is 0 Å². The number of rotatable bonds is 4. The van der Waals surface area contributed by atoms with E-state index in [0.29, 0.717) is 5.92 Å². The van der Waals surface area contributed by atoms with E-state index in [1.807, 2.05) is 26.0 Å². The minimum absolute atomic E-state index is 0.200. The molecule has 0 saturated heterocycles. The lowest BCUT2D eigenvalue weighted by Gasteiger charge is -2.19. The van der Waals surface area contributed by atoms with Crippen LogP contribution in [0.1, 0.15) is 51.1 Å². The van der Waals surface area contributed by atoms with Gasteiger partial charge in [0.2, 0.25) is 0 Å². The highest BCUT2D eigenvalue weighted by molar-refractivity contribution is 5.29. The summed E-state index contributed by atoms with van der Waals surface area (Å²) in [4.78, 5) is 0. The summed E-state index contributed by atoms with van der Waals surface area (Å²) in [5, 5.41) is 0. The molecule has 1 saturated carbocycles. The molecule has 2 rings (SSSR count). The first-order valence-corrected chi connectivity index (χ1v) is 6.69. The van der Waals surface area contributed by atoms with Crippen molar-refractivity contribution in [1.29, 1.82) is 0 Å². The Morgan fingerprint density at radius 1 is 1.12 bits per heavy atom. The second-order valence-electron chi connectivity index (χ2n) is 5.31. The Bertz CT molecular complexity index is 338. The summed E-state index contributed by atoms with van der Waals surface area (Å²) in [6.07, 6.45) is 5.47. The molecule has 1 fully saturated rings. The average Bonchev–Trinajstić information content (AvgIpc) is 2.82. The van der Waals surface area contributed by atoms with Gasteiger partial charge in [-0.2, -0.15) is 0 Å². The van der Waals surface area contributed by atoms with Gasteiger partial charge >= 0.3 is 0 Å². The summed E-state index contributed by atoms with van der Waals surface area (Å²) in [6, 6.07) is 8.49. The van der Waals surface area contributed by atoms with Gasteiger partial charge < -0.3 is 10.5 Å². The van der Waals surface area contributed by atoms with E-state index in [9.17, 15) is 0 Å². The van der Waals surface area contributed by atoms with Gasteiger partial charge in [0.1, 0.15) is 5.75 Å². The van der Waals surface area contributed by atoms with Crippen LogP contribution in [0, 0.1) is 5.92 Å². The topological polar surface area (TPSA) is 35.2 Å². The zero-order valence-electron chi connectivity index (χ0n) is 10.9. The van der Waals surface area contributed by atoms with Gasteiger partial charge in [-0.1, -0.05) is 25.0 Å². The number of benzene rings is 1. The van der Waals surface area contributed by atoms with Crippen LogP contribution < -0.4 is 10.5 Å². The third-order valence-corrected chi connectivity index (χ3v) is 3.54. The third-order valence-electron chi connectivity index (χ3n) is 3.54. The van der Waals surface area contributed by atoms with Gasteiger partial charge in [-0.3, -0.25) is 0 Å². The highest BCUT2D eigenvalue weighted by Crippen LogP contribution is 2.34. The van der Waals surface area contributed by atoms with E-state index >= 15 is 0 Å². The molecule has 0 spiro atoms. The molecular weight excluding hydrogens is 210 g/mol. The summed E-state index contributed by atoms with van der Waals surface area (Å²) in [5.74, 6) is 1.61. The van der Waals surface area contributed by atoms with E-state index in [4.69, 9.17) is 10.5 Å². The van der Waals surface area contributed by atoms with E-state index in [1.165, 1.54) is 31.2 Å². The molecule has 0 amide bonds. The third kappa shape index (κ3) is 3.22. The van der Waals surface area contributed by atoms with Crippen LogP contribution in [0.15, 0.2) is 24.3 Å². The fraction of sp³-hybridized carbons (Fsp3) is 0.600. The second kappa shape index (κ2) is 5.54. The molecule has 17 heavy (non-hydrogen) atoms. The first-order chi connectivity index (χ1) is 8.16. The Hall–Kier alpha value is -1.02. The Kier molecular flexibility index (Phi) is 4.06. The van der Waals surface area contributed by atoms with Crippen LogP contribution in [-0.2, 0) is 0 Å². The molecule has 0 aromatic heterocycles. The Morgan fingerprint density at radius 3 is 2.24 bits per heavy atom. The largest absolute Gasteiger partial charge is 0.491 e. The SMILES string of the molecule is CC(C)Oc1ccc([C@H](N)C2CCCC2)cc1. The molecule has 2 nitrogen and oxygen atoms in total. The van der Waals surface area contributed by atoms with E-state index in [1.54, 1.807) is 0 Å². The summed E-state index contributed by atoms with van der Waals surface area (Å²) < 4.78 is 5.63. The fourth-order valence-electron chi connectivity index (χ4n) is 2.63. The van der Waals surface area contributed by atoms with Crippen LogP contribution in [0.5, 0.6) is 5.75 Å². The van der Waals surface area contributed by atoms with Gasteiger partial charge in [-0.05, 0) is 50.3 Å². The molecule has 1 aliphatic rings. The Labute approximate surface area is 104 Å². The maximum absolute atomic E-state index is 6.31. The van der Waals surface area contributed by atoms with Crippen LogP contribution in [0.2, 0.25) is 0 Å². The highest BCUT2D eigenvalue weighted by Gasteiger charge is 2.23. The van der Waals surface area contributed by atoms with Crippen molar-refractivity contribution in [1.82, 2.24) is 0 Å². The maximum atomic E-state index is 6.31. The molecule has 0 heterocycles. The molecule has 0 bridgehead atoms. The molecule has 2 heteroatoms. The van der Waals surface area contributed by atoms with Crippen LogP contribution in [0.4, 0.5) is 0 Å². The number of ether oxygens (including phenoxy) is 1. The van der Waals surface area contributed by atoms with Gasteiger partial charge in [-0.15, -0.1) is 0 Å². The molecule has 0 aliphatic heterocycles. The lowest BCUT2D eigenvalue weighted by Crippen LogP contribution is -2.19. The van der Waals surface area contributed by atoms with Crippen molar-refractivity contribution in [2.45, 2.75) is 51.7 Å². The number of nitrogens with two attached hydrogens (primary N) is 1. The van der Waals surface area contributed by atoms with Crippen molar-refractivity contribution in [2.24, 2.45) is 11.7 Å². The van der Waals surface area contributed by atoms with Crippen molar-refractivity contribution in [3.63, 3.8) is 0 Å². The second-order valence-corrected chi connectivity index (χ2v) is 5.31. The van der Waals surface area contributed by atoms with Crippen LogP contribution >= 0.6 is 0 Å². The monoisotopic (exact) mass is 233 g/mol. The van der Waals surface area contributed by atoms with Crippen molar-refractivity contribution < 1.29 is 4.74 Å². The van der Waals surface area contributed by atoms with Gasteiger partial charge in [-0.25, -0.2) is 0 Å². The van der Waals surface area contributed by atoms with E-state index in [0.717, 1.165) is 5.75 Å². The van der Waals surface area contributed by atoms with Crippen LogP contribution in [0.3, 0.4) is 0 Å². The van der Waals surface area contributed by atoms with E-state index in [2.05, 4.69) is 12.1 Å². The molecule has 0 radical (unpaired) electrons. The standard InChI is InChI=1S/C15H23NO/c1-11(2)17-14-9-7-13(8-10-14)15(16)12-5-3-4-6-12/h7-12,15H,3-6,16H2,1-2H3/t15-/m1/s1. The zero-order chi connectivity index (χ0) is 12.3. The Balaban J connectivity index is 2.01. The minimum Gasteiger partial charge on any atom is -0.491 e. The maximum Gasteiger partial charge on any atom is 0.119 e. The van der Waals surface area contributed by atoms with Gasteiger partial charge in [0, 0.05) is 6.04 Å². The zero-order valence-corrected chi connectivity index (χ0v) is 10.9. The molecule has 1 aromatic rings. The fourth-order valence-corrected chi connectivity index (χ4v) is 2.63. The lowest BCUT2D eigenvalue weighted by molar-refractivity contribution is 0.242. The van der Waals surface area contributed by atoms with Gasteiger partial charge in [0.15, 0.2) is 0 Å². The number of hydrogen-bond donors (Lipinski definition) is 1. The normalized spacial score (nSPS) is 18.6. The molecular formula is C15H23NO. The van der Waals surface area contributed by atoms with E-state index in [-0.39, 0.29) is 12.1 Å². The predicted octanol–water partition coefficient (Wildman–Crippen LogP) is 3.66. The summed E-state index contributed by atoms with van der Waals surface area (Å²) in [7, 11) is 0.